The average Bonchev–Trinajstić information content (AvgIpc) is 2.72. The Hall–Kier alpha value is -2.73. The standard InChI is InChI=1S/C21H24N4O2/c26-21-18-9-10-22-15-19(18)23-20(24-21)16-5-7-17(8-6-16)27-14-4-13-25-11-2-1-3-12-25/h5-10,15H,1-4,11-14H2,(H,23,24,26). The van der Waals surface area contributed by atoms with Crippen molar-refractivity contribution in [2.45, 2.75) is 25.7 Å². The van der Waals surface area contributed by atoms with E-state index < -0.39 is 0 Å². The Kier molecular flexibility index (Phi) is 5.44. The van der Waals surface area contributed by atoms with Crippen LogP contribution in [0.25, 0.3) is 22.3 Å². The number of fused-ring (bicyclic) bond motifs is 1. The largest absolute Gasteiger partial charge is 0.494 e. The van der Waals surface area contributed by atoms with Gasteiger partial charge in [-0.3, -0.25) is 9.78 Å². The van der Waals surface area contributed by atoms with E-state index in [0.29, 0.717) is 23.3 Å². The third kappa shape index (κ3) is 4.34. The first-order chi connectivity index (χ1) is 13.3. The number of aromatic nitrogens is 3. The smallest absolute Gasteiger partial charge is 0.259 e. The van der Waals surface area contributed by atoms with E-state index in [1.807, 2.05) is 24.3 Å². The van der Waals surface area contributed by atoms with Gasteiger partial charge in [-0.1, -0.05) is 6.42 Å². The number of rotatable bonds is 6. The zero-order chi connectivity index (χ0) is 18.5. The van der Waals surface area contributed by atoms with Crippen molar-refractivity contribution in [3.63, 3.8) is 0 Å². The van der Waals surface area contributed by atoms with Gasteiger partial charge in [-0.25, -0.2) is 4.98 Å². The van der Waals surface area contributed by atoms with Crippen LogP contribution in [0.1, 0.15) is 25.7 Å². The molecule has 3 heterocycles. The summed E-state index contributed by atoms with van der Waals surface area (Å²) in [4.78, 5) is 26.1. The van der Waals surface area contributed by atoms with E-state index in [-0.39, 0.29) is 5.56 Å². The molecule has 0 bridgehead atoms. The lowest BCUT2D eigenvalue weighted by Gasteiger charge is -2.26. The van der Waals surface area contributed by atoms with Crippen molar-refractivity contribution in [2.24, 2.45) is 0 Å². The normalized spacial score (nSPS) is 15.1. The molecule has 4 rings (SSSR count). The van der Waals surface area contributed by atoms with Gasteiger partial charge in [0, 0.05) is 18.3 Å². The van der Waals surface area contributed by atoms with E-state index >= 15 is 0 Å². The summed E-state index contributed by atoms with van der Waals surface area (Å²) in [6.07, 6.45) is 8.25. The number of hydrogen-bond donors (Lipinski definition) is 1. The minimum absolute atomic E-state index is 0.157. The van der Waals surface area contributed by atoms with Crippen LogP contribution in [0, 0.1) is 0 Å². The third-order valence-electron chi connectivity index (χ3n) is 4.97. The number of piperidine rings is 1. The van der Waals surface area contributed by atoms with Gasteiger partial charge in [0.1, 0.15) is 11.6 Å². The van der Waals surface area contributed by atoms with Gasteiger partial charge in [-0.05, 0) is 62.7 Å². The van der Waals surface area contributed by atoms with Gasteiger partial charge >= 0.3 is 0 Å². The van der Waals surface area contributed by atoms with E-state index in [1.165, 1.54) is 32.4 Å². The minimum Gasteiger partial charge on any atom is -0.494 e. The first kappa shape index (κ1) is 17.7. The lowest BCUT2D eigenvalue weighted by Crippen LogP contribution is -2.31. The molecule has 1 aromatic carbocycles. The van der Waals surface area contributed by atoms with Crippen molar-refractivity contribution < 1.29 is 4.74 Å². The maximum Gasteiger partial charge on any atom is 0.259 e. The molecule has 0 unspecified atom stereocenters. The van der Waals surface area contributed by atoms with Gasteiger partial charge in [-0.2, -0.15) is 0 Å². The Morgan fingerprint density at radius 3 is 2.70 bits per heavy atom. The van der Waals surface area contributed by atoms with Crippen LogP contribution in [-0.2, 0) is 0 Å². The van der Waals surface area contributed by atoms with Crippen LogP contribution >= 0.6 is 0 Å². The van der Waals surface area contributed by atoms with Gasteiger partial charge in [0.2, 0.25) is 0 Å². The molecule has 1 aliphatic heterocycles. The molecule has 0 saturated carbocycles. The molecule has 0 aliphatic carbocycles. The fraction of sp³-hybridized carbons (Fsp3) is 0.381. The Morgan fingerprint density at radius 1 is 1.07 bits per heavy atom. The van der Waals surface area contributed by atoms with Crippen LogP contribution in [0.2, 0.25) is 0 Å². The van der Waals surface area contributed by atoms with E-state index in [0.717, 1.165) is 24.3 Å². The highest BCUT2D eigenvalue weighted by Gasteiger charge is 2.09. The maximum atomic E-state index is 12.2. The number of benzene rings is 1. The van der Waals surface area contributed by atoms with E-state index in [2.05, 4.69) is 19.9 Å². The van der Waals surface area contributed by atoms with E-state index in [4.69, 9.17) is 4.74 Å². The number of pyridine rings is 1. The van der Waals surface area contributed by atoms with Crippen molar-refractivity contribution in [2.75, 3.05) is 26.2 Å². The number of aromatic amines is 1. The Labute approximate surface area is 158 Å². The second-order valence-corrected chi connectivity index (χ2v) is 6.94. The average molecular weight is 364 g/mol. The summed E-state index contributed by atoms with van der Waals surface area (Å²) < 4.78 is 5.85. The summed E-state index contributed by atoms with van der Waals surface area (Å²) in [5.74, 6) is 1.37. The highest BCUT2D eigenvalue weighted by Crippen LogP contribution is 2.20. The predicted molar refractivity (Wildman–Crippen MR) is 106 cm³/mol. The van der Waals surface area contributed by atoms with Crippen LogP contribution < -0.4 is 10.3 Å². The lowest BCUT2D eigenvalue weighted by molar-refractivity contribution is 0.205. The SMILES string of the molecule is O=c1[nH]c(-c2ccc(OCCCN3CCCCC3)cc2)nc2cnccc12. The van der Waals surface area contributed by atoms with E-state index in [1.54, 1.807) is 18.5 Å². The third-order valence-corrected chi connectivity index (χ3v) is 4.97. The summed E-state index contributed by atoms with van der Waals surface area (Å²) in [5, 5.41) is 0.544. The Balaban J connectivity index is 1.36. The second-order valence-electron chi connectivity index (χ2n) is 6.94. The molecule has 140 valence electrons. The number of nitrogens with one attached hydrogen (secondary N) is 1. The van der Waals surface area contributed by atoms with Crippen molar-refractivity contribution in [1.82, 2.24) is 19.9 Å². The molecule has 0 amide bonds. The molecule has 6 heteroatoms. The first-order valence-electron chi connectivity index (χ1n) is 9.59. The molecule has 6 nitrogen and oxygen atoms in total. The van der Waals surface area contributed by atoms with Crippen molar-refractivity contribution >= 4 is 10.9 Å². The van der Waals surface area contributed by atoms with Crippen molar-refractivity contribution in [3.05, 3.63) is 53.1 Å². The summed E-state index contributed by atoms with van der Waals surface area (Å²) in [6.45, 7) is 4.27. The topological polar surface area (TPSA) is 71.1 Å². The minimum atomic E-state index is -0.157. The molecule has 3 aromatic rings. The first-order valence-corrected chi connectivity index (χ1v) is 9.59. The zero-order valence-electron chi connectivity index (χ0n) is 15.4. The molecule has 1 N–H and O–H groups in total. The summed E-state index contributed by atoms with van der Waals surface area (Å²) in [7, 11) is 0. The van der Waals surface area contributed by atoms with Crippen LogP contribution in [0.15, 0.2) is 47.5 Å². The highest BCUT2D eigenvalue weighted by molar-refractivity contribution is 5.78. The van der Waals surface area contributed by atoms with Gasteiger partial charge in [0.25, 0.3) is 5.56 Å². The summed E-state index contributed by atoms with van der Waals surface area (Å²) in [5.41, 5.74) is 1.28. The Morgan fingerprint density at radius 2 is 1.89 bits per heavy atom. The maximum absolute atomic E-state index is 12.2. The highest BCUT2D eigenvalue weighted by atomic mass is 16.5. The van der Waals surface area contributed by atoms with Gasteiger partial charge in [0.05, 0.1) is 23.7 Å². The quantitative estimate of drug-likeness (QED) is 0.680. The van der Waals surface area contributed by atoms with E-state index in [9.17, 15) is 4.79 Å². The fourth-order valence-electron chi connectivity index (χ4n) is 3.50. The molecule has 1 saturated heterocycles. The van der Waals surface area contributed by atoms with Crippen molar-refractivity contribution in [1.29, 1.82) is 0 Å². The molecular weight excluding hydrogens is 340 g/mol. The van der Waals surface area contributed by atoms with Crippen LogP contribution in [-0.4, -0.2) is 46.1 Å². The summed E-state index contributed by atoms with van der Waals surface area (Å²) in [6, 6.07) is 9.35. The molecule has 27 heavy (non-hydrogen) atoms. The molecule has 0 radical (unpaired) electrons. The van der Waals surface area contributed by atoms with Gasteiger partial charge in [0.15, 0.2) is 0 Å². The molecule has 0 atom stereocenters. The van der Waals surface area contributed by atoms with Gasteiger partial charge < -0.3 is 14.6 Å². The lowest BCUT2D eigenvalue weighted by atomic mass is 10.1. The fourth-order valence-corrected chi connectivity index (χ4v) is 3.50. The van der Waals surface area contributed by atoms with Crippen LogP contribution in [0.3, 0.4) is 0 Å². The zero-order valence-corrected chi connectivity index (χ0v) is 15.4. The number of ether oxygens (including phenoxy) is 1. The number of H-pyrrole nitrogens is 1. The van der Waals surface area contributed by atoms with Gasteiger partial charge in [-0.15, -0.1) is 0 Å². The molecule has 1 aliphatic rings. The van der Waals surface area contributed by atoms with Crippen LogP contribution in [0.4, 0.5) is 0 Å². The van der Waals surface area contributed by atoms with Crippen LogP contribution in [0.5, 0.6) is 5.75 Å². The summed E-state index contributed by atoms with van der Waals surface area (Å²) >= 11 is 0. The van der Waals surface area contributed by atoms with Crippen molar-refractivity contribution in [3.8, 4) is 17.1 Å². The Bertz CT molecular complexity index is 946. The predicted octanol–water partition coefficient (Wildman–Crippen LogP) is 3.24. The monoisotopic (exact) mass is 364 g/mol. The molecule has 0 spiro atoms. The second kappa shape index (κ2) is 8.31. The number of nitrogens with zero attached hydrogens (tertiary/aromatic N) is 3. The molecule has 1 fully saturated rings. The molecule has 2 aromatic heterocycles. The number of hydrogen-bond acceptors (Lipinski definition) is 5. The number of likely N-dealkylation sites (tertiary alicyclic amines) is 1. The molecular formula is C21H24N4O2.